The zero-order chi connectivity index (χ0) is 12.3. The van der Waals surface area contributed by atoms with E-state index in [2.05, 4.69) is 55.5 Å². The molecule has 2 heteroatoms. The molecule has 0 aromatic heterocycles. The Kier molecular flexibility index (Phi) is 3.85. The molecule has 17 heavy (non-hydrogen) atoms. The lowest BCUT2D eigenvalue weighted by atomic mass is 9.83. The number of benzene rings is 1. The summed E-state index contributed by atoms with van der Waals surface area (Å²) in [6.45, 7) is 4.55. The lowest BCUT2D eigenvalue weighted by molar-refractivity contribution is 0.151. The minimum atomic E-state index is 0.265. The van der Waals surface area contributed by atoms with Gasteiger partial charge in [0.1, 0.15) is 0 Å². The molecule has 2 rings (SSSR count). The van der Waals surface area contributed by atoms with Crippen LogP contribution < -0.4 is 5.32 Å². The molecule has 0 radical (unpaired) electrons. The van der Waals surface area contributed by atoms with Crippen molar-refractivity contribution in [3.8, 4) is 0 Å². The molecule has 94 valence electrons. The van der Waals surface area contributed by atoms with Crippen molar-refractivity contribution in [2.75, 3.05) is 27.2 Å². The number of nitrogens with zero attached hydrogens (tertiary/aromatic N) is 1. The Bertz CT molecular complexity index is 375. The van der Waals surface area contributed by atoms with Crippen molar-refractivity contribution in [1.82, 2.24) is 10.2 Å². The van der Waals surface area contributed by atoms with Crippen LogP contribution in [0.2, 0.25) is 0 Å². The van der Waals surface area contributed by atoms with Crippen LogP contribution in [0.5, 0.6) is 0 Å². The number of hydrogen-bond donors (Lipinski definition) is 1. The first-order valence-electron chi connectivity index (χ1n) is 6.57. The maximum absolute atomic E-state index is 3.57. The highest BCUT2D eigenvalue weighted by molar-refractivity contribution is 5.24. The summed E-state index contributed by atoms with van der Waals surface area (Å²) in [4.78, 5) is 2.44. The molecule has 1 aromatic carbocycles. The lowest BCUT2D eigenvalue weighted by Gasteiger charge is -2.41. The summed E-state index contributed by atoms with van der Waals surface area (Å²) in [5.74, 6) is 0. The molecule has 1 N–H and O–H groups in total. The number of hydrogen-bond acceptors (Lipinski definition) is 2. The Labute approximate surface area is 105 Å². The van der Waals surface area contributed by atoms with Crippen molar-refractivity contribution in [3.05, 3.63) is 35.4 Å². The molecule has 1 unspecified atom stereocenters. The van der Waals surface area contributed by atoms with Crippen LogP contribution >= 0.6 is 0 Å². The third-order valence-corrected chi connectivity index (χ3v) is 3.92. The van der Waals surface area contributed by atoms with E-state index in [1.807, 2.05) is 0 Å². The summed E-state index contributed by atoms with van der Waals surface area (Å²) in [6, 6.07) is 8.90. The summed E-state index contributed by atoms with van der Waals surface area (Å²) >= 11 is 0. The van der Waals surface area contributed by atoms with Gasteiger partial charge in [0.15, 0.2) is 0 Å². The van der Waals surface area contributed by atoms with Gasteiger partial charge in [0.25, 0.3) is 0 Å². The van der Waals surface area contributed by atoms with E-state index in [-0.39, 0.29) is 5.54 Å². The second kappa shape index (κ2) is 5.19. The molecular weight excluding hydrogens is 208 g/mol. The molecule has 1 heterocycles. The Morgan fingerprint density at radius 1 is 1.41 bits per heavy atom. The first-order chi connectivity index (χ1) is 8.13. The van der Waals surface area contributed by atoms with Crippen LogP contribution in [0.4, 0.5) is 0 Å². The van der Waals surface area contributed by atoms with Crippen LogP contribution in [0.1, 0.15) is 24.0 Å². The van der Waals surface area contributed by atoms with Gasteiger partial charge in [-0.1, -0.05) is 29.8 Å². The molecule has 1 aliphatic rings. The molecule has 1 atom stereocenters. The van der Waals surface area contributed by atoms with Crippen molar-refractivity contribution in [3.63, 3.8) is 0 Å². The molecule has 0 amide bonds. The zero-order valence-corrected chi connectivity index (χ0v) is 11.3. The molecule has 1 saturated heterocycles. The fourth-order valence-electron chi connectivity index (χ4n) is 3.01. The number of aryl methyl sites for hydroxylation is 1. The van der Waals surface area contributed by atoms with Crippen molar-refractivity contribution < 1.29 is 0 Å². The van der Waals surface area contributed by atoms with Crippen molar-refractivity contribution in [1.29, 1.82) is 0 Å². The van der Waals surface area contributed by atoms with Gasteiger partial charge in [0, 0.05) is 12.1 Å². The largest absolute Gasteiger partial charge is 0.313 e. The maximum atomic E-state index is 3.57. The normalized spacial score (nSPS) is 26.1. The lowest BCUT2D eigenvalue weighted by Crippen LogP contribution is -2.56. The number of nitrogens with one attached hydrogen (secondary N) is 1. The third-order valence-electron chi connectivity index (χ3n) is 3.92. The van der Waals surface area contributed by atoms with Gasteiger partial charge in [0.2, 0.25) is 0 Å². The summed E-state index contributed by atoms with van der Waals surface area (Å²) in [6.07, 6.45) is 3.71. The maximum Gasteiger partial charge on any atom is 0.0347 e. The molecule has 1 fully saturated rings. The standard InChI is InChI=1S/C15H24N2/c1-13-6-4-7-14(10-13)11-15(16-2)8-5-9-17(3)12-15/h4,6-7,10,16H,5,8-9,11-12H2,1-3H3. The Balaban J connectivity index is 2.13. The average Bonchev–Trinajstić information content (AvgIpc) is 2.29. The van der Waals surface area contributed by atoms with Gasteiger partial charge in [-0.15, -0.1) is 0 Å². The molecule has 1 aliphatic heterocycles. The summed E-state index contributed by atoms with van der Waals surface area (Å²) in [5.41, 5.74) is 3.08. The highest BCUT2D eigenvalue weighted by Crippen LogP contribution is 2.24. The van der Waals surface area contributed by atoms with Crippen LogP contribution in [0.3, 0.4) is 0 Å². The third kappa shape index (κ3) is 3.08. The predicted molar refractivity (Wildman–Crippen MR) is 73.4 cm³/mol. The Morgan fingerprint density at radius 2 is 2.24 bits per heavy atom. The van der Waals surface area contributed by atoms with E-state index in [0.29, 0.717) is 0 Å². The SMILES string of the molecule is CNC1(Cc2cccc(C)c2)CCCN(C)C1. The molecular formula is C15H24N2. The molecule has 0 saturated carbocycles. The van der Waals surface area contributed by atoms with Crippen LogP contribution in [-0.2, 0) is 6.42 Å². The molecule has 0 bridgehead atoms. The van der Waals surface area contributed by atoms with Crippen LogP contribution in [-0.4, -0.2) is 37.6 Å². The molecule has 0 aliphatic carbocycles. The smallest absolute Gasteiger partial charge is 0.0347 e. The molecule has 1 aromatic rings. The molecule has 2 nitrogen and oxygen atoms in total. The first kappa shape index (κ1) is 12.6. The van der Waals surface area contributed by atoms with E-state index < -0.39 is 0 Å². The second-order valence-electron chi connectivity index (χ2n) is 5.54. The number of likely N-dealkylation sites (tertiary alicyclic amines) is 1. The van der Waals surface area contributed by atoms with Gasteiger partial charge in [-0.2, -0.15) is 0 Å². The average molecular weight is 232 g/mol. The summed E-state index contributed by atoms with van der Waals surface area (Å²) in [7, 11) is 4.33. The van der Waals surface area contributed by atoms with Gasteiger partial charge in [-0.3, -0.25) is 0 Å². The quantitative estimate of drug-likeness (QED) is 0.859. The minimum absolute atomic E-state index is 0.265. The number of piperidine rings is 1. The fraction of sp³-hybridized carbons (Fsp3) is 0.600. The van der Waals surface area contributed by atoms with E-state index in [1.54, 1.807) is 0 Å². The Morgan fingerprint density at radius 3 is 2.88 bits per heavy atom. The van der Waals surface area contributed by atoms with Crippen LogP contribution in [0.25, 0.3) is 0 Å². The number of rotatable bonds is 3. The highest BCUT2D eigenvalue weighted by Gasteiger charge is 2.32. The van der Waals surface area contributed by atoms with Crippen molar-refractivity contribution in [2.45, 2.75) is 31.7 Å². The fourth-order valence-corrected chi connectivity index (χ4v) is 3.01. The summed E-state index contributed by atoms with van der Waals surface area (Å²) < 4.78 is 0. The monoisotopic (exact) mass is 232 g/mol. The minimum Gasteiger partial charge on any atom is -0.313 e. The topological polar surface area (TPSA) is 15.3 Å². The van der Waals surface area contributed by atoms with Gasteiger partial charge in [0.05, 0.1) is 0 Å². The second-order valence-corrected chi connectivity index (χ2v) is 5.54. The van der Waals surface area contributed by atoms with Gasteiger partial charge < -0.3 is 10.2 Å². The first-order valence-corrected chi connectivity index (χ1v) is 6.57. The van der Waals surface area contributed by atoms with Gasteiger partial charge in [-0.05, 0) is 52.4 Å². The van der Waals surface area contributed by atoms with Gasteiger partial charge >= 0.3 is 0 Å². The molecule has 0 spiro atoms. The van der Waals surface area contributed by atoms with E-state index in [9.17, 15) is 0 Å². The van der Waals surface area contributed by atoms with Crippen LogP contribution in [0, 0.1) is 6.92 Å². The van der Waals surface area contributed by atoms with Crippen molar-refractivity contribution >= 4 is 0 Å². The highest BCUT2D eigenvalue weighted by atomic mass is 15.2. The Hall–Kier alpha value is -0.860. The van der Waals surface area contributed by atoms with E-state index in [1.165, 1.54) is 30.5 Å². The summed E-state index contributed by atoms with van der Waals surface area (Å²) in [5, 5.41) is 3.57. The zero-order valence-electron chi connectivity index (χ0n) is 11.3. The van der Waals surface area contributed by atoms with Gasteiger partial charge in [-0.25, -0.2) is 0 Å². The van der Waals surface area contributed by atoms with E-state index in [0.717, 1.165) is 13.0 Å². The van der Waals surface area contributed by atoms with E-state index in [4.69, 9.17) is 0 Å². The number of likely N-dealkylation sites (N-methyl/N-ethyl adjacent to an activating group) is 2. The predicted octanol–water partition coefficient (Wildman–Crippen LogP) is 2.22. The van der Waals surface area contributed by atoms with E-state index >= 15 is 0 Å². The van der Waals surface area contributed by atoms with Crippen molar-refractivity contribution in [2.24, 2.45) is 0 Å². The van der Waals surface area contributed by atoms with Crippen LogP contribution in [0.15, 0.2) is 24.3 Å².